The smallest absolute Gasteiger partial charge is 0.269 e. The van der Waals surface area contributed by atoms with Gasteiger partial charge >= 0.3 is 0 Å². The predicted octanol–water partition coefficient (Wildman–Crippen LogP) is 2.47. The van der Waals surface area contributed by atoms with Crippen molar-refractivity contribution < 1.29 is 9.18 Å². The molecule has 2 N–H and O–H groups in total. The Kier molecular flexibility index (Phi) is 4.13. The average molecular weight is 303 g/mol. The molecule has 1 fully saturated rings. The number of carbonyl (C=O) groups is 1. The summed E-state index contributed by atoms with van der Waals surface area (Å²) in [4.78, 5) is 12.8. The van der Waals surface area contributed by atoms with Gasteiger partial charge in [-0.1, -0.05) is 36.5 Å². The van der Waals surface area contributed by atoms with Crippen LogP contribution in [0.2, 0.25) is 0 Å². The van der Waals surface area contributed by atoms with Gasteiger partial charge in [0.1, 0.15) is 5.82 Å². The highest BCUT2D eigenvalue weighted by atomic mass is 19.1. The van der Waals surface area contributed by atoms with E-state index in [1.54, 1.807) is 6.07 Å². The molecule has 22 heavy (non-hydrogen) atoms. The Morgan fingerprint density at radius 1 is 1.32 bits per heavy atom. The fourth-order valence-corrected chi connectivity index (χ4v) is 3.20. The zero-order valence-electron chi connectivity index (χ0n) is 12.2. The number of nitrogens with one attached hydrogen (secondary N) is 2. The molecular weight excluding hydrogens is 285 g/mol. The number of tetrazole rings is 1. The Bertz CT molecular complexity index is 637. The molecule has 7 heteroatoms. The topological polar surface area (TPSA) is 83.6 Å². The summed E-state index contributed by atoms with van der Waals surface area (Å²) in [5.41, 5.74) is 0.303. The first-order valence-corrected chi connectivity index (χ1v) is 7.47. The van der Waals surface area contributed by atoms with Crippen LogP contribution in [-0.2, 0) is 11.2 Å². The average Bonchev–Trinajstić information content (AvgIpc) is 3.01. The number of H-pyrrole nitrogens is 1. The van der Waals surface area contributed by atoms with E-state index >= 15 is 0 Å². The van der Waals surface area contributed by atoms with E-state index < -0.39 is 5.41 Å². The number of aromatic nitrogens is 4. The lowest BCUT2D eigenvalue weighted by molar-refractivity contribution is -0.127. The van der Waals surface area contributed by atoms with Crippen molar-refractivity contribution in [3.8, 4) is 0 Å². The van der Waals surface area contributed by atoms with Crippen molar-refractivity contribution in [2.75, 3.05) is 5.32 Å². The second-order valence-corrected chi connectivity index (χ2v) is 5.84. The van der Waals surface area contributed by atoms with Gasteiger partial charge in [-0.2, -0.15) is 5.21 Å². The minimum Gasteiger partial charge on any atom is -0.291 e. The largest absolute Gasteiger partial charge is 0.291 e. The third-order valence-corrected chi connectivity index (χ3v) is 4.29. The number of rotatable bonds is 4. The second kappa shape index (κ2) is 6.21. The first-order valence-electron chi connectivity index (χ1n) is 7.47. The van der Waals surface area contributed by atoms with Crippen molar-refractivity contribution in [2.45, 2.75) is 38.5 Å². The number of carbonyl (C=O) groups excluding carboxylic acids is 1. The number of hydrogen-bond acceptors (Lipinski definition) is 4. The highest BCUT2D eigenvalue weighted by Crippen LogP contribution is 2.40. The first-order chi connectivity index (χ1) is 10.7. The van der Waals surface area contributed by atoms with Crippen molar-refractivity contribution in [3.63, 3.8) is 0 Å². The highest BCUT2D eigenvalue weighted by molar-refractivity contribution is 5.94. The Hall–Kier alpha value is -2.31. The van der Waals surface area contributed by atoms with E-state index in [1.807, 2.05) is 6.07 Å². The zero-order chi connectivity index (χ0) is 15.4. The molecule has 0 saturated heterocycles. The quantitative estimate of drug-likeness (QED) is 0.909. The third-order valence-electron chi connectivity index (χ3n) is 4.29. The summed E-state index contributed by atoms with van der Waals surface area (Å²) in [6, 6.07) is 6.45. The van der Waals surface area contributed by atoms with E-state index in [2.05, 4.69) is 25.9 Å². The molecule has 1 heterocycles. The van der Waals surface area contributed by atoms with Crippen LogP contribution in [0.25, 0.3) is 0 Å². The molecule has 1 aromatic heterocycles. The second-order valence-electron chi connectivity index (χ2n) is 5.84. The molecular formula is C15H18FN5O. The molecule has 0 bridgehead atoms. The van der Waals surface area contributed by atoms with Gasteiger partial charge < -0.3 is 0 Å². The molecule has 6 nitrogen and oxygen atoms in total. The van der Waals surface area contributed by atoms with Gasteiger partial charge in [-0.05, 0) is 42.2 Å². The van der Waals surface area contributed by atoms with Gasteiger partial charge in [0.15, 0.2) is 0 Å². The lowest BCUT2D eigenvalue weighted by Crippen LogP contribution is -2.40. The van der Waals surface area contributed by atoms with E-state index in [1.165, 1.54) is 12.1 Å². The van der Waals surface area contributed by atoms with Gasteiger partial charge in [0.25, 0.3) is 5.95 Å². The van der Waals surface area contributed by atoms with Crippen LogP contribution in [0.1, 0.15) is 37.7 Å². The van der Waals surface area contributed by atoms with E-state index in [4.69, 9.17) is 0 Å². The number of benzene rings is 1. The van der Waals surface area contributed by atoms with E-state index in [-0.39, 0.29) is 17.7 Å². The van der Waals surface area contributed by atoms with E-state index in [0.717, 1.165) is 37.7 Å². The summed E-state index contributed by atoms with van der Waals surface area (Å²) in [5.74, 6) is -0.214. The number of aromatic amines is 1. The van der Waals surface area contributed by atoms with Crippen LogP contribution in [0.3, 0.4) is 0 Å². The summed E-state index contributed by atoms with van der Waals surface area (Å²) in [7, 11) is 0. The van der Waals surface area contributed by atoms with E-state index in [0.29, 0.717) is 6.42 Å². The molecule has 1 saturated carbocycles. The molecule has 3 rings (SSSR count). The van der Waals surface area contributed by atoms with Crippen LogP contribution >= 0.6 is 0 Å². The Morgan fingerprint density at radius 2 is 2.14 bits per heavy atom. The minimum absolute atomic E-state index is 0.113. The van der Waals surface area contributed by atoms with Gasteiger partial charge in [0.05, 0.1) is 5.41 Å². The number of anilines is 1. The van der Waals surface area contributed by atoms with Crippen molar-refractivity contribution in [2.24, 2.45) is 5.41 Å². The van der Waals surface area contributed by atoms with Crippen LogP contribution in [0.15, 0.2) is 24.3 Å². The molecule has 1 aliphatic rings. The maximum Gasteiger partial charge on any atom is 0.269 e. The lowest BCUT2D eigenvalue weighted by atomic mass is 9.69. The summed E-state index contributed by atoms with van der Waals surface area (Å²) in [6.45, 7) is 0. The molecule has 2 aromatic rings. The molecule has 116 valence electrons. The zero-order valence-corrected chi connectivity index (χ0v) is 12.2. The standard InChI is InChI=1S/C15H18FN5O/c16-12-6-4-5-11(9-12)10-15(7-2-1-3-8-15)13(22)17-14-18-20-21-19-14/h4-6,9H,1-3,7-8,10H2,(H2,17,18,19,20,21,22). The third kappa shape index (κ3) is 3.13. The minimum atomic E-state index is -0.535. The SMILES string of the molecule is O=C(Nc1nn[nH]n1)C1(Cc2cccc(F)c2)CCCCC1. The predicted molar refractivity (Wildman–Crippen MR) is 78.4 cm³/mol. The summed E-state index contributed by atoms with van der Waals surface area (Å²) >= 11 is 0. The van der Waals surface area contributed by atoms with Crippen molar-refractivity contribution in [1.29, 1.82) is 0 Å². The molecule has 0 atom stereocenters. The number of nitrogens with zero attached hydrogens (tertiary/aromatic N) is 3. The van der Waals surface area contributed by atoms with Gasteiger partial charge in [-0.3, -0.25) is 10.1 Å². The fraction of sp³-hybridized carbons (Fsp3) is 0.467. The van der Waals surface area contributed by atoms with Gasteiger partial charge in [-0.15, -0.1) is 5.10 Å². The molecule has 1 amide bonds. The molecule has 0 spiro atoms. The molecule has 0 aliphatic heterocycles. The van der Waals surface area contributed by atoms with Crippen molar-refractivity contribution >= 4 is 11.9 Å². The Morgan fingerprint density at radius 3 is 2.82 bits per heavy atom. The summed E-state index contributed by atoms with van der Waals surface area (Å²) in [6.07, 6.45) is 5.21. The van der Waals surface area contributed by atoms with Gasteiger partial charge in [0.2, 0.25) is 5.91 Å². The molecule has 1 aromatic carbocycles. The molecule has 0 unspecified atom stereocenters. The normalized spacial score (nSPS) is 17.1. The Balaban J connectivity index is 1.82. The van der Waals surface area contributed by atoms with Gasteiger partial charge in [0, 0.05) is 0 Å². The molecule has 1 aliphatic carbocycles. The van der Waals surface area contributed by atoms with Gasteiger partial charge in [-0.25, -0.2) is 4.39 Å². The first kappa shape index (κ1) is 14.6. The maximum atomic E-state index is 13.4. The fourth-order valence-electron chi connectivity index (χ4n) is 3.20. The van der Waals surface area contributed by atoms with Crippen LogP contribution in [0.5, 0.6) is 0 Å². The highest BCUT2D eigenvalue weighted by Gasteiger charge is 2.40. The van der Waals surface area contributed by atoms with Crippen LogP contribution < -0.4 is 5.32 Å². The number of amides is 1. The van der Waals surface area contributed by atoms with Crippen LogP contribution in [0.4, 0.5) is 10.3 Å². The summed E-state index contributed by atoms with van der Waals surface area (Å²) < 4.78 is 13.4. The number of hydrogen-bond donors (Lipinski definition) is 2. The van der Waals surface area contributed by atoms with Crippen LogP contribution in [-0.4, -0.2) is 26.5 Å². The lowest BCUT2D eigenvalue weighted by Gasteiger charge is -2.35. The number of halogens is 1. The van der Waals surface area contributed by atoms with Crippen molar-refractivity contribution in [1.82, 2.24) is 20.6 Å². The van der Waals surface area contributed by atoms with Crippen molar-refractivity contribution in [3.05, 3.63) is 35.6 Å². The maximum absolute atomic E-state index is 13.4. The molecule has 0 radical (unpaired) electrons. The monoisotopic (exact) mass is 303 g/mol. The van der Waals surface area contributed by atoms with E-state index in [9.17, 15) is 9.18 Å². The van der Waals surface area contributed by atoms with Crippen LogP contribution in [0, 0.1) is 11.2 Å². The Labute approximate surface area is 127 Å². The summed E-state index contributed by atoms with van der Waals surface area (Å²) in [5, 5.41) is 16.0.